The number of esters is 1. The molecule has 1 heterocycles. The van der Waals surface area contributed by atoms with Crippen molar-refractivity contribution in [3.63, 3.8) is 0 Å². The quantitative estimate of drug-likeness (QED) is 0.231. The molecule has 0 saturated carbocycles. The molecule has 3 rings (SSSR count). The molecule has 0 bridgehead atoms. The molecule has 0 aliphatic rings. The molecular weight excluding hydrogens is 484 g/mol. The first kappa shape index (κ1) is 24.6. The lowest BCUT2D eigenvalue weighted by molar-refractivity contribution is -0.140. The molecule has 0 saturated heterocycles. The highest BCUT2D eigenvalue weighted by molar-refractivity contribution is 9.09. The minimum Gasteiger partial charge on any atom is -0.457 e. The van der Waals surface area contributed by atoms with Crippen LogP contribution in [-0.4, -0.2) is 34.0 Å². The number of aromatic amines is 1. The van der Waals surface area contributed by atoms with Crippen LogP contribution in [0.3, 0.4) is 0 Å². The molecule has 0 radical (unpaired) electrons. The maximum Gasteiger partial charge on any atom is 0.407 e. The first-order valence-corrected chi connectivity index (χ1v) is 11.7. The Bertz CT molecular complexity index is 1120. The standard InChI is InChI=1S/C26H29BrN2O4/c1-26(2,3)33-25(31)29-16-21(27)14-19(24(30)32-17-18-9-5-4-6-10-18)13-20-15-28-23-12-8-7-11-22(20)23/h4-12,14-15,21,28H,13,16-17H2,1-3H3,(H,29,31)/b19-14+. The van der Waals surface area contributed by atoms with E-state index >= 15 is 0 Å². The molecule has 0 spiro atoms. The molecule has 1 aromatic heterocycles. The van der Waals surface area contributed by atoms with Gasteiger partial charge in [-0.1, -0.05) is 70.5 Å². The van der Waals surface area contributed by atoms with Gasteiger partial charge >= 0.3 is 12.1 Å². The van der Waals surface area contributed by atoms with Gasteiger partial charge in [-0.3, -0.25) is 0 Å². The fraction of sp³-hybridized carbons (Fsp3) is 0.308. The third kappa shape index (κ3) is 7.79. The number of hydrogen-bond acceptors (Lipinski definition) is 4. The molecule has 3 aromatic rings. The van der Waals surface area contributed by atoms with Crippen molar-refractivity contribution in [2.45, 2.75) is 44.2 Å². The Balaban J connectivity index is 1.73. The topological polar surface area (TPSA) is 80.4 Å². The second-order valence-corrected chi connectivity index (χ2v) is 9.86. The molecule has 1 atom stereocenters. The number of halogens is 1. The maximum absolute atomic E-state index is 13.0. The number of aromatic nitrogens is 1. The van der Waals surface area contributed by atoms with Gasteiger partial charge in [0.25, 0.3) is 0 Å². The van der Waals surface area contributed by atoms with E-state index in [1.807, 2.05) is 60.8 Å². The van der Waals surface area contributed by atoms with Crippen LogP contribution >= 0.6 is 15.9 Å². The van der Waals surface area contributed by atoms with Crippen LogP contribution in [0.1, 0.15) is 31.9 Å². The monoisotopic (exact) mass is 512 g/mol. The lowest BCUT2D eigenvalue weighted by Crippen LogP contribution is -2.35. The van der Waals surface area contributed by atoms with Crippen LogP contribution in [0.25, 0.3) is 10.9 Å². The van der Waals surface area contributed by atoms with Crippen molar-refractivity contribution in [2.24, 2.45) is 0 Å². The predicted octanol–water partition coefficient (Wildman–Crippen LogP) is 5.67. The fourth-order valence-corrected chi connectivity index (χ4v) is 3.75. The third-order valence-corrected chi connectivity index (χ3v) is 5.34. The molecule has 0 aliphatic carbocycles. The summed E-state index contributed by atoms with van der Waals surface area (Å²) in [6.45, 7) is 5.87. The zero-order valence-electron chi connectivity index (χ0n) is 19.1. The summed E-state index contributed by atoms with van der Waals surface area (Å²) in [6, 6.07) is 17.5. The summed E-state index contributed by atoms with van der Waals surface area (Å²) in [5.74, 6) is -0.397. The normalized spacial score (nSPS) is 12.9. The van der Waals surface area contributed by atoms with Crippen LogP contribution in [0, 0.1) is 0 Å². The van der Waals surface area contributed by atoms with Gasteiger partial charge in [0, 0.05) is 35.6 Å². The lowest BCUT2D eigenvalue weighted by Gasteiger charge is -2.20. The van der Waals surface area contributed by atoms with Gasteiger partial charge in [0.1, 0.15) is 12.2 Å². The molecule has 6 nitrogen and oxygen atoms in total. The number of benzene rings is 2. The summed E-state index contributed by atoms with van der Waals surface area (Å²) in [6.07, 6.45) is 3.58. The summed E-state index contributed by atoms with van der Waals surface area (Å²) >= 11 is 3.54. The summed E-state index contributed by atoms with van der Waals surface area (Å²) in [5.41, 5.74) is 2.84. The summed E-state index contributed by atoms with van der Waals surface area (Å²) < 4.78 is 10.9. The largest absolute Gasteiger partial charge is 0.457 e. The van der Waals surface area contributed by atoms with Crippen molar-refractivity contribution in [1.29, 1.82) is 0 Å². The Kier molecular flexibility index (Phi) is 8.33. The van der Waals surface area contributed by atoms with E-state index in [0.717, 1.165) is 22.0 Å². The van der Waals surface area contributed by atoms with Crippen molar-refractivity contribution >= 4 is 38.9 Å². The predicted molar refractivity (Wildman–Crippen MR) is 133 cm³/mol. The molecule has 0 aliphatic heterocycles. The Morgan fingerprint density at radius 3 is 2.52 bits per heavy atom. The average molecular weight is 513 g/mol. The summed E-state index contributed by atoms with van der Waals surface area (Å²) in [5, 5.41) is 3.77. The molecule has 33 heavy (non-hydrogen) atoms. The van der Waals surface area contributed by atoms with Gasteiger partial charge in [-0.25, -0.2) is 9.59 Å². The molecule has 7 heteroatoms. The SMILES string of the molecule is CC(C)(C)OC(=O)NCC(Br)/C=C(\Cc1c[nH]c2ccccc12)C(=O)OCc1ccccc1. The van der Waals surface area contributed by atoms with Crippen molar-refractivity contribution in [1.82, 2.24) is 10.3 Å². The zero-order valence-corrected chi connectivity index (χ0v) is 20.6. The van der Waals surface area contributed by atoms with E-state index in [0.29, 0.717) is 12.0 Å². The van der Waals surface area contributed by atoms with Crippen LogP contribution in [-0.2, 0) is 27.3 Å². The Morgan fingerprint density at radius 1 is 1.09 bits per heavy atom. The highest BCUT2D eigenvalue weighted by atomic mass is 79.9. The van der Waals surface area contributed by atoms with E-state index in [1.54, 1.807) is 26.8 Å². The number of hydrogen-bond donors (Lipinski definition) is 2. The van der Waals surface area contributed by atoms with Crippen molar-refractivity contribution in [3.8, 4) is 0 Å². The third-order valence-electron chi connectivity index (χ3n) is 4.75. The lowest BCUT2D eigenvalue weighted by atomic mass is 10.0. The first-order chi connectivity index (χ1) is 15.7. The number of alkyl carbamates (subject to hydrolysis) is 1. The van der Waals surface area contributed by atoms with E-state index in [1.165, 1.54) is 0 Å². The van der Waals surface area contributed by atoms with E-state index in [9.17, 15) is 9.59 Å². The highest BCUT2D eigenvalue weighted by Crippen LogP contribution is 2.22. The van der Waals surface area contributed by atoms with Crippen molar-refractivity contribution in [3.05, 3.63) is 83.6 Å². The van der Waals surface area contributed by atoms with Gasteiger partial charge in [0.15, 0.2) is 0 Å². The first-order valence-electron chi connectivity index (χ1n) is 10.8. The van der Waals surface area contributed by atoms with Gasteiger partial charge in [-0.2, -0.15) is 0 Å². The molecule has 2 N–H and O–H groups in total. The minimum absolute atomic E-state index is 0.189. The summed E-state index contributed by atoms with van der Waals surface area (Å²) in [7, 11) is 0. The van der Waals surface area contributed by atoms with Gasteiger partial charge < -0.3 is 19.8 Å². The van der Waals surface area contributed by atoms with Crippen LogP contribution in [0.4, 0.5) is 4.79 Å². The molecule has 1 unspecified atom stereocenters. The Labute approximate surface area is 202 Å². The number of fused-ring (bicyclic) bond motifs is 1. The molecule has 174 valence electrons. The molecular formula is C26H29BrN2O4. The number of H-pyrrole nitrogens is 1. The molecule has 2 aromatic carbocycles. The summed E-state index contributed by atoms with van der Waals surface area (Å²) in [4.78, 5) is 27.9. The molecule has 0 fully saturated rings. The Morgan fingerprint density at radius 2 is 1.79 bits per heavy atom. The number of alkyl halides is 1. The van der Waals surface area contributed by atoms with E-state index in [2.05, 4.69) is 26.2 Å². The number of ether oxygens (including phenoxy) is 2. The van der Waals surface area contributed by atoms with Gasteiger partial charge in [0.2, 0.25) is 0 Å². The smallest absolute Gasteiger partial charge is 0.407 e. The van der Waals surface area contributed by atoms with Crippen LogP contribution < -0.4 is 5.32 Å². The zero-order chi connectivity index (χ0) is 23.8. The number of carbonyl (C=O) groups excluding carboxylic acids is 2. The average Bonchev–Trinajstić information content (AvgIpc) is 3.18. The van der Waals surface area contributed by atoms with E-state index < -0.39 is 17.7 Å². The fourth-order valence-electron chi connectivity index (χ4n) is 3.27. The van der Waals surface area contributed by atoms with Crippen LogP contribution in [0.15, 0.2) is 72.4 Å². The Hall–Kier alpha value is -3.06. The number of carbonyl (C=O) groups is 2. The van der Waals surface area contributed by atoms with Crippen LogP contribution in [0.2, 0.25) is 0 Å². The van der Waals surface area contributed by atoms with E-state index in [4.69, 9.17) is 9.47 Å². The minimum atomic E-state index is -0.580. The van der Waals surface area contributed by atoms with Gasteiger partial charge in [-0.05, 0) is 38.0 Å². The van der Waals surface area contributed by atoms with Crippen molar-refractivity contribution in [2.75, 3.05) is 6.54 Å². The van der Waals surface area contributed by atoms with Gasteiger partial charge in [0.05, 0.1) is 4.83 Å². The second kappa shape index (κ2) is 11.2. The number of rotatable bonds is 8. The van der Waals surface area contributed by atoms with Gasteiger partial charge in [-0.15, -0.1) is 0 Å². The van der Waals surface area contributed by atoms with E-state index in [-0.39, 0.29) is 18.0 Å². The number of amides is 1. The molecule has 1 amide bonds. The van der Waals surface area contributed by atoms with Crippen molar-refractivity contribution < 1.29 is 19.1 Å². The highest BCUT2D eigenvalue weighted by Gasteiger charge is 2.19. The number of nitrogens with one attached hydrogen (secondary N) is 2. The second-order valence-electron chi connectivity index (χ2n) is 8.69. The number of para-hydroxylation sites is 1. The maximum atomic E-state index is 13.0. The van der Waals surface area contributed by atoms with Crippen LogP contribution in [0.5, 0.6) is 0 Å².